The summed E-state index contributed by atoms with van der Waals surface area (Å²) in [5, 5.41) is 5.49. The molecule has 3 rings (SSSR count). The molecule has 0 spiro atoms. The first-order chi connectivity index (χ1) is 18.6. The second-order valence-corrected chi connectivity index (χ2v) is 10.1. The van der Waals surface area contributed by atoms with Crippen molar-refractivity contribution < 1.29 is 18.8 Å². The number of hydrogen-bond donors (Lipinski definition) is 6. The van der Waals surface area contributed by atoms with Crippen LogP contribution in [0.15, 0.2) is 53.5 Å². The summed E-state index contributed by atoms with van der Waals surface area (Å²) in [6.45, 7) is 0. The summed E-state index contributed by atoms with van der Waals surface area (Å²) in [5.74, 6) is -1.91. The number of amides is 3. The first kappa shape index (κ1) is 29.6. The lowest BCUT2D eigenvalue weighted by molar-refractivity contribution is -0.132. The molecule has 1 saturated carbocycles. The zero-order valence-electron chi connectivity index (χ0n) is 21.9. The molecule has 0 bridgehead atoms. The molecule has 11 heteroatoms. The third-order valence-electron chi connectivity index (χ3n) is 6.93. The van der Waals surface area contributed by atoms with Crippen LogP contribution in [0.25, 0.3) is 0 Å². The van der Waals surface area contributed by atoms with Gasteiger partial charge in [0, 0.05) is 6.42 Å². The van der Waals surface area contributed by atoms with Crippen LogP contribution in [0.3, 0.4) is 0 Å². The normalized spacial score (nSPS) is 15.9. The Balaban J connectivity index is 1.68. The molecule has 1 aliphatic rings. The minimum Gasteiger partial charge on any atom is -0.370 e. The van der Waals surface area contributed by atoms with Crippen LogP contribution in [0.4, 0.5) is 10.1 Å². The molecule has 2 aromatic carbocycles. The smallest absolute Gasteiger partial charge is 0.243 e. The molecule has 2 aromatic rings. The first-order valence-electron chi connectivity index (χ1n) is 13.2. The number of halogens is 1. The Labute approximate surface area is 227 Å². The first-order valence-corrected chi connectivity index (χ1v) is 13.2. The quantitative estimate of drug-likeness (QED) is 0.174. The standard InChI is InChI=1S/C28H38FN7O3/c29-20-10-6-19(7-11-20)15-23(25(31)37)35-27(39)24(16-17-4-2-1-3-5-17)36-26(38)22(30)14-18-8-12-21(13-9-18)34-28(32)33/h6-13,17,22-24H,1-5,14-16,30H2,(H2,31,37)(H,35,39)(H,36,38)(H4,32,33,34)/t22-,23+,24-/m0/s1. The van der Waals surface area contributed by atoms with Gasteiger partial charge in [-0.1, -0.05) is 56.4 Å². The average Bonchev–Trinajstić information content (AvgIpc) is 2.90. The van der Waals surface area contributed by atoms with E-state index in [1.807, 2.05) is 0 Å². The average molecular weight is 540 g/mol. The van der Waals surface area contributed by atoms with Crippen molar-refractivity contribution >= 4 is 29.4 Å². The molecule has 39 heavy (non-hydrogen) atoms. The van der Waals surface area contributed by atoms with Gasteiger partial charge in [0.25, 0.3) is 0 Å². The zero-order chi connectivity index (χ0) is 28.4. The van der Waals surface area contributed by atoms with Crippen LogP contribution in [0.1, 0.15) is 49.7 Å². The van der Waals surface area contributed by atoms with Crippen molar-refractivity contribution in [1.82, 2.24) is 10.6 Å². The van der Waals surface area contributed by atoms with Gasteiger partial charge in [-0.05, 0) is 54.2 Å². The SMILES string of the molecule is NC(=O)[C@@H](Cc1ccc(F)cc1)NC(=O)[C@H](CC1CCCCC1)NC(=O)[C@@H](N)Cc1ccc(N=C(N)N)cc1. The third kappa shape index (κ3) is 9.68. The van der Waals surface area contributed by atoms with Gasteiger partial charge in [0.15, 0.2) is 5.96 Å². The number of primary amides is 1. The highest BCUT2D eigenvalue weighted by Crippen LogP contribution is 2.27. The molecule has 210 valence electrons. The van der Waals surface area contributed by atoms with Gasteiger partial charge in [0.2, 0.25) is 17.7 Å². The third-order valence-corrected chi connectivity index (χ3v) is 6.93. The number of hydrogen-bond acceptors (Lipinski definition) is 5. The summed E-state index contributed by atoms with van der Waals surface area (Å²) in [7, 11) is 0. The largest absolute Gasteiger partial charge is 0.370 e. The van der Waals surface area contributed by atoms with E-state index in [0.29, 0.717) is 17.7 Å². The maximum absolute atomic E-state index is 13.4. The highest BCUT2D eigenvalue weighted by atomic mass is 19.1. The van der Waals surface area contributed by atoms with Crippen LogP contribution in [0, 0.1) is 11.7 Å². The molecule has 0 saturated heterocycles. The van der Waals surface area contributed by atoms with Crippen LogP contribution in [0.2, 0.25) is 0 Å². The fourth-order valence-electron chi connectivity index (χ4n) is 4.82. The number of guanidine groups is 1. The minimum absolute atomic E-state index is 0.0580. The van der Waals surface area contributed by atoms with E-state index in [1.165, 1.54) is 24.3 Å². The fraction of sp³-hybridized carbons (Fsp3) is 0.429. The number of nitrogens with zero attached hydrogens (tertiary/aromatic N) is 1. The Morgan fingerprint density at radius 1 is 0.821 bits per heavy atom. The van der Waals surface area contributed by atoms with Gasteiger partial charge in [0.05, 0.1) is 11.7 Å². The van der Waals surface area contributed by atoms with E-state index in [1.54, 1.807) is 24.3 Å². The number of nitrogens with two attached hydrogens (primary N) is 4. The lowest BCUT2D eigenvalue weighted by atomic mass is 9.84. The van der Waals surface area contributed by atoms with Crippen molar-refractivity contribution in [2.45, 2.75) is 69.5 Å². The molecule has 0 unspecified atom stereocenters. The number of carbonyl (C=O) groups excluding carboxylic acids is 3. The Morgan fingerprint density at radius 3 is 1.97 bits per heavy atom. The van der Waals surface area contributed by atoms with E-state index in [9.17, 15) is 18.8 Å². The zero-order valence-corrected chi connectivity index (χ0v) is 21.9. The summed E-state index contributed by atoms with van der Waals surface area (Å²) in [5.41, 5.74) is 24.6. The summed E-state index contributed by atoms with van der Waals surface area (Å²) in [4.78, 5) is 42.5. The maximum atomic E-state index is 13.4. The van der Waals surface area contributed by atoms with Gasteiger partial charge in [0.1, 0.15) is 17.9 Å². The predicted molar refractivity (Wildman–Crippen MR) is 148 cm³/mol. The van der Waals surface area contributed by atoms with Gasteiger partial charge in [-0.2, -0.15) is 0 Å². The number of nitrogens with one attached hydrogen (secondary N) is 2. The Bertz CT molecular complexity index is 1140. The van der Waals surface area contributed by atoms with E-state index < -0.39 is 41.7 Å². The fourth-order valence-corrected chi connectivity index (χ4v) is 4.82. The predicted octanol–water partition coefficient (Wildman–Crippen LogP) is 1.27. The lowest BCUT2D eigenvalue weighted by Crippen LogP contribution is -2.56. The topological polar surface area (TPSA) is 192 Å². The van der Waals surface area contributed by atoms with Gasteiger partial charge in [-0.3, -0.25) is 14.4 Å². The summed E-state index contributed by atoms with van der Waals surface area (Å²) < 4.78 is 13.3. The van der Waals surface area contributed by atoms with E-state index in [2.05, 4.69) is 15.6 Å². The molecule has 0 heterocycles. The molecule has 0 aliphatic heterocycles. The van der Waals surface area contributed by atoms with E-state index in [4.69, 9.17) is 22.9 Å². The molecule has 0 aromatic heterocycles. The second-order valence-electron chi connectivity index (χ2n) is 10.1. The molecule has 1 fully saturated rings. The maximum Gasteiger partial charge on any atom is 0.243 e. The lowest BCUT2D eigenvalue weighted by Gasteiger charge is -2.28. The van der Waals surface area contributed by atoms with Gasteiger partial charge < -0.3 is 33.6 Å². The highest BCUT2D eigenvalue weighted by molar-refractivity contribution is 5.92. The van der Waals surface area contributed by atoms with Crippen LogP contribution in [0.5, 0.6) is 0 Å². The minimum atomic E-state index is -1.02. The molecular formula is C28H38FN7O3. The summed E-state index contributed by atoms with van der Waals surface area (Å²) in [6, 6.07) is 9.76. The van der Waals surface area contributed by atoms with Crippen molar-refractivity contribution in [3.8, 4) is 0 Å². The molecule has 1 aliphatic carbocycles. The van der Waals surface area contributed by atoms with E-state index in [0.717, 1.165) is 37.7 Å². The number of benzene rings is 2. The number of aliphatic imine (C=N–C) groups is 1. The van der Waals surface area contributed by atoms with Crippen LogP contribution < -0.4 is 33.6 Å². The summed E-state index contributed by atoms with van der Waals surface area (Å²) >= 11 is 0. The van der Waals surface area contributed by atoms with Crippen molar-refractivity contribution in [1.29, 1.82) is 0 Å². The highest BCUT2D eigenvalue weighted by Gasteiger charge is 2.30. The van der Waals surface area contributed by atoms with Crippen LogP contribution in [-0.2, 0) is 27.2 Å². The van der Waals surface area contributed by atoms with Crippen molar-refractivity contribution in [2.24, 2.45) is 33.8 Å². The van der Waals surface area contributed by atoms with Gasteiger partial charge in [-0.15, -0.1) is 0 Å². The Kier molecular flexibility index (Phi) is 10.8. The molecular weight excluding hydrogens is 501 g/mol. The molecule has 3 amide bonds. The van der Waals surface area contributed by atoms with Crippen LogP contribution in [-0.4, -0.2) is 41.8 Å². The molecule has 3 atom stereocenters. The molecule has 10 nitrogen and oxygen atoms in total. The molecule has 0 radical (unpaired) electrons. The Hall–Kier alpha value is -3.99. The Morgan fingerprint density at radius 2 is 1.38 bits per heavy atom. The van der Waals surface area contributed by atoms with Gasteiger partial charge >= 0.3 is 0 Å². The number of carbonyl (C=O) groups is 3. The molecule has 10 N–H and O–H groups in total. The monoisotopic (exact) mass is 539 g/mol. The summed E-state index contributed by atoms with van der Waals surface area (Å²) in [6.07, 6.45) is 5.97. The van der Waals surface area contributed by atoms with E-state index >= 15 is 0 Å². The van der Waals surface area contributed by atoms with Gasteiger partial charge in [-0.25, -0.2) is 9.38 Å². The van der Waals surface area contributed by atoms with Crippen LogP contribution >= 0.6 is 0 Å². The van der Waals surface area contributed by atoms with Crippen molar-refractivity contribution in [3.63, 3.8) is 0 Å². The van der Waals surface area contributed by atoms with E-state index in [-0.39, 0.29) is 24.7 Å². The van der Waals surface area contributed by atoms with Crippen molar-refractivity contribution in [3.05, 3.63) is 65.5 Å². The number of rotatable bonds is 12. The second kappa shape index (κ2) is 14.2. The van der Waals surface area contributed by atoms with Crippen molar-refractivity contribution in [2.75, 3.05) is 0 Å².